The summed E-state index contributed by atoms with van der Waals surface area (Å²) in [5, 5.41) is 0.473. The Hall–Kier alpha value is -1.19. The van der Waals surface area contributed by atoms with Crippen LogP contribution in [0.3, 0.4) is 0 Å². The van der Waals surface area contributed by atoms with Gasteiger partial charge in [-0.25, -0.2) is 14.4 Å². The van der Waals surface area contributed by atoms with Crippen LogP contribution in [0.1, 0.15) is 24.5 Å². The van der Waals surface area contributed by atoms with Crippen molar-refractivity contribution in [2.45, 2.75) is 18.8 Å². The molecule has 1 heterocycles. The molecular weight excluding hydrogens is 274 g/mol. The lowest BCUT2D eigenvalue weighted by Crippen LogP contribution is -1.95. The molecule has 1 fully saturated rings. The fraction of sp³-hybridized carbons (Fsp3) is 0.231. The highest BCUT2D eigenvalue weighted by atomic mass is 35.5. The molecule has 18 heavy (non-hydrogen) atoms. The second-order valence-electron chi connectivity index (χ2n) is 4.34. The maximum atomic E-state index is 13.4. The monoisotopic (exact) mass is 282 g/mol. The van der Waals surface area contributed by atoms with E-state index in [4.69, 9.17) is 23.2 Å². The summed E-state index contributed by atoms with van der Waals surface area (Å²) in [5.41, 5.74) is 1.52. The summed E-state index contributed by atoms with van der Waals surface area (Å²) in [6, 6.07) is 6.28. The molecular formula is C13H9Cl2FN2. The molecule has 2 nitrogen and oxygen atoms in total. The van der Waals surface area contributed by atoms with Crippen LogP contribution in [-0.4, -0.2) is 9.97 Å². The van der Waals surface area contributed by atoms with Gasteiger partial charge in [0.1, 0.15) is 11.0 Å². The van der Waals surface area contributed by atoms with E-state index in [9.17, 15) is 4.39 Å². The zero-order chi connectivity index (χ0) is 12.7. The van der Waals surface area contributed by atoms with Crippen molar-refractivity contribution < 1.29 is 4.39 Å². The van der Waals surface area contributed by atoms with Crippen LogP contribution < -0.4 is 0 Å². The Labute approximate surface area is 114 Å². The summed E-state index contributed by atoms with van der Waals surface area (Å²) in [6.45, 7) is 0. The van der Waals surface area contributed by atoms with Gasteiger partial charge in [0.15, 0.2) is 5.82 Å². The van der Waals surface area contributed by atoms with Gasteiger partial charge in [0.05, 0.1) is 5.02 Å². The lowest BCUT2D eigenvalue weighted by Gasteiger charge is -2.05. The number of benzene rings is 1. The first kappa shape index (κ1) is 11.9. The minimum Gasteiger partial charge on any atom is -0.233 e. The standard InChI is InChI=1S/C13H9Cl2FN2/c14-9-4-3-8(5-10(9)16)13-17-11(7-1-2-7)6-12(15)18-13/h3-7H,1-2H2. The average molecular weight is 283 g/mol. The van der Waals surface area contributed by atoms with Crippen molar-refractivity contribution in [2.75, 3.05) is 0 Å². The maximum Gasteiger partial charge on any atom is 0.161 e. The highest BCUT2D eigenvalue weighted by Gasteiger charge is 2.26. The van der Waals surface area contributed by atoms with E-state index in [0.717, 1.165) is 18.5 Å². The fourth-order valence-electron chi connectivity index (χ4n) is 1.79. The van der Waals surface area contributed by atoms with Crippen molar-refractivity contribution in [1.82, 2.24) is 9.97 Å². The Balaban J connectivity index is 2.07. The van der Waals surface area contributed by atoms with E-state index >= 15 is 0 Å². The molecule has 0 aliphatic heterocycles. The maximum absolute atomic E-state index is 13.4. The van der Waals surface area contributed by atoms with Gasteiger partial charge in [-0.15, -0.1) is 0 Å². The highest BCUT2D eigenvalue weighted by Crippen LogP contribution is 2.40. The second kappa shape index (κ2) is 4.48. The van der Waals surface area contributed by atoms with E-state index in [2.05, 4.69) is 9.97 Å². The van der Waals surface area contributed by atoms with Gasteiger partial charge >= 0.3 is 0 Å². The lowest BCUT2D eigenvalue weighted by atomic mass is 10.2. The molecule has 1 aromatic heterocycles. The van der Waals surface area contributed by atoms with Gasteiger partial charge in [-0.2, -0.15) is 0 Å². The van der Waals surface area contributed by atoms with Crippen LogP contribution in [0.25, 0.3) is 11.4 Å². The average Bonchev–Trinajstić information content (AvgIpc) is 3.16. The lowest BCUT2D eigenvalue weighted by molar-refractivity contribution is 0.628. The minimum atomic E-state index is -0.481. The van der Waals surface area contributed by atoms with Crippen LogP contribution in [0, 0.1) is 5.82 Å². The van der Waals surface area contributed by atoms with E-state index in [1.54, 1.807) is 12.1 Å². The Morgan fingerprint density at radius 2 is 1.89 bits per heavy atom. The third-order valence-corrected chi connectivity index (χ3v) is 3.39. The van der Waals surface area contributed by atoms with Gasteiger partial charge < -0.3 is 0 Å². The molecule has 1 saturated carbocycles. The van der Waals surface area contributed by atoms with E-state index in [0.29, 0.717) is 22.5 Å². The summed E-state index contributed by atoms with van der Waals surface area (Å²) in [6.07, 6.45) is 2.25. The van der Waals surface area contributed by atoms with Crippen molar-refractivity contribution in [3.8, 4) is 11.4 Å². The third kappa shape index (κ3) is 2.33. The summed E-state index contributed by atoms with van der Waals surface area (Å²) in [7, 11) is 0. The molecule has 1 aliphatic carbocycles. The Kier molecular flexibility index (Phi) is 2.96. The molecule has 0 amide bonds. The molecule has 0 bridgehead atoms. The first-order chi connectivity index (χ1) is 8.63. The number of aromatic nitrogens is 2. The molecule has 0 N–H and O–H groups in total. The van der Waals surface area contributed by atoms with Crippen LogP contribution in [0.5, 0.6) is 0 Å². The smallest absolute Gasteiger partial charge is 0.161 e. The van der Waals surface area contributed by atoms with Crippen LogP contribution in [0.2, 0.25) is 10.2 Å². The first-order valence-corrected chi connectivity index (χ1v) is 6.39. The number of hydrogen-bond donors (Lipinski definition) is 0. The van der Waals surface area contributed by atoms with Gasteiger partial charge in [0.2, 0.25) is 0 Å². The van der Waals surface area contributed by atoms with E-state index in [-0.39, 0.29) is 5.02 Å². The quantitative estimate of drug-likeness (QED) is 0.760. The predicted octanol–water partition coefficient (Wildman–Crippen LogP) is 4.47. The molecule has 3 rings (SSSR count). The van der Waals surface area contributed by atoms with Crippen LogP contribution in [0.15, 0.2) is 24.3 Å². The molecule has 0 spiro atoms. The Morgan fingerprint density at radius 3 is 2.56 bits per heavy atom. The van der Waals surface area contributed by atoms with Gasteiger partial charge in [0.25, 0.3) is 0 Å². The Bertz CT molecular complexity index is 612. The molecule has 0 radical (unpaired) electrons. The second-order valence-corrected chi connectivity index (χ2v) is 5.14. The van der Waals surface area contributed by atoms with Crippen LogP contribution in [0.4, 0.5) is 4.39 Å². The third-order valence-electron chi connectivity index (χ3n) is 2.89. The Morgan fingerprint density at radius 1 is 1.11 bits per heavy atom. The first-order valence-electron chi connectivity index (χ1n) is 5.63. The molecule has 2 aromatic rings. The largest absolute Gasteiger partial charge is 0.233 e. The van der Waals surface area contributed by atoms with Crippen molar-refractivity contribution in [3.05, 3.63) is 46.0 Å². The summed E-state index contributed by atoms with van der Waals surface area (Å²) in [4.78, 5) is 8.56. The number of rotatable bonds is 2. The molecule has 0 saturated heterocycles. The van der Waals surface area contributed by atoms with Gasteiger partial charge in [-0.3, -0.25) is 0 Å². The van der Waals surface area contributed by atoms with Crippen LogP contribution >= 0.6 is 23.2 Å². The zero-order valence-electron chi connectivity index (χ0n) is 9.33. The molecule has 1 aromatic carbocycles. The summed E-state index contributed by atoms with van der Waals surface area (Å²) in [5.74, 6) is 0.437. The predicted molar refractivity (Wildman–Crippen MR) is 69.4 cm³/mol. The van der Waals surface area contributed by atoms with E-state index < -0.39 is 5.82 Å². The van der Waals surface area contributed by atoms with Gasteiger partial charge in [-0.05, 0) is 37.1 Å². The minimum absolute atomic E-state index is 0.0863. The zero-order valence-corrected chi connectivity index (χ0v) is 10.8. The summed E-state index contributed by atoms with van der Waals surface area (Å²) < 4.78 is 13.4. The number of nitrogens with zero attached hydrogens (tertiary/aromatic N) is 2. The normalized spacial score (nSPS) is 14.8. The fourth-order valence-corrected chi connectivity index (χ4v) is 2.10. The highest BCUT2D eigenvalue weighted by molar-refractivity contribution is 6.30. The number of hydrogen-bond acceptors (Lipinski definition) is 2. The van der Waals surface area contributed by atoms with Gasteiger partial charge in [-0.1, -0.05) is 23.2 Å². The van der Waals surface area contributed by atoms with Crippen molar-refractivity contribution in [2.24, 2.45) is 0 Å². The van der Waals surface area contributed by atoms with Crippen molar-refractivity contribution in [3.63, 3.8) is 0 Å². The molecule has 5 heteroatoms. The topological polar surface area (TPSA) is 25.8 Å². The molecule has 1 aliphatic rings. The van der Waals surface area contributed by atoms with Crippen molar-refractivity contribution in [1.29, 1.82) is 0 Å². The molecule has 0 unspecified atom stereocenters. The van der Waals surface area contributed by atoms with E-state index in [1.165, 1.54) is 12.1 Å². The molecule has 92 valence electrons. The molecule has 0 atom stereocenters. The van der Waals surface area contributed by atoms with Gasteiger partial charge in [0, 0.05) is 17.2 Å². The van der Waals surface area contributed by atoms with Crippen LogP contribution in [-0.2, 0) is 0 Å². The number of halogens is 3. The SMILES string of the molecule is Fc1cc(-c2nc(Cl)cc(C3CC3)n2)ccc1Cl. The van der Waals surface area contributed by atoms with Crippen molar-refractivity contribution >= 4 is 23.2 Å². The van der Waals surface area contributed by atoms with E-state index in [1.807, 2.05) is 0 Å². The summed E-state index contributed by atoms with van der Waals surface area (Å²) >= 11 is 11.6.